The highest BCUT2D eigenvalue weighted by atomic mass is 32.2. The number of nitro groups is 1. The third-order valence-electron chi connectivity index (χ3n) is 5.34. The maximum Gasteiger partial charge on any atom is 0.338 e. The predicted molar refractivity (Wildman–Crippen MR) is 135 cm³/mol. The van der Waals surface area contributed by atoms with Crippen molar-refractivity contribution in [1.29, 1.82) is 0 Å². The molecule has 1 heterocycles. The number of imide groups is 1. The molecule has 1 aliphatic heterocycles. The summed E-state index contributed by atoms with van der Waals surface area (Å²) in [6.45, 7) is 0.173. The minimum atomic E-state index is -0.718. The summed E-state index contributed by atoms with van der Waals surface area (Å²) in [7, 11) is 2.57. The summed E-state index contributed by atoms with van der Waals surface area (Å²) in [6, 6.07) is 17.6. The Labute approximate surface area is 215 Å². The van der Waals surface area contributed by atoms with Gasteiger partial charge < -0.3 is 14.2 Å². The van der Waals surface area contributed by atoms with Crippen molar-refractivity contribution in [3.8, 4) is 17.2 Å². The van der Waals surface area contributed by atoms with Crippen LogP contribution in [0.3, 0.4) is 0 Å². The molecule has 1 aliphatic rings. The summed E-state index contributed by atoms with van der Waals surface area (Å²) >= 11 is 0.841. The number of nitrogens with zero attached hydrogens (tertiary/aromatic N) is 2. The summed E-state index contributed by atoms with van der Waals surface area (Å²) in [6.07, 6.45) is 1.57. The molecule has 0 radical (unpaired) electrons. The number of thioether (sulfide) groups is 1. The zero-order valence-electron chi connectivity index (χ0n) is 19.7. The van der Waals surface area contributed by atoms with Gasteiger partial charge in [0, 0.05) is 6.07 Å². The van der Waals surface area contributed by atoms with Gasteiger partial charge in [-0.15, -0.1) is 0 Å². The van der Waals surface area contributed by atoms with E-state index < -0.39 is 22.5 Å². The highest BCUT2D eigenvalue weighted by molar-refractivity contribution is 8.18. The molecular formula is C26H20N2O8S. The summed E-state index contributed by atoms with van der Waals surface area (Å²) in [5.41, 5.74) is 0.971. The van der Waals surface area contributed by atoms with Gasteiger partial charge in [-0.1, -0.05) is 36.4 Å². The first-order valence-corrected chi connectivity index (χ1v) is 11.6. The molecule has 10 nitrogen and oxygen atoms in total. The van der Waals surface area contributed by atoms with Crippen LogP contribution >= 0.6 is 11.8 Å². The molecule has 0 saturated carbocycles. The van der Waals surface area contributed by atoms with Crippen molar-refractivity contribution in [2.45, 2.75) is 6.54 Å². The van der Waals surface area contributed by atoms with Gasteiger partial charge in [-0.2, -0.15) is 0 Å². The second-order valence-electron chi connectivity index (χ2n) is 7.70. The normalized spacial score (nSPS) is 14.1. The molecule has 0 atom stereocenters. The maximum absolute atomic E-state index is 12.8. The Bertz CT molecular complexity index is 1420. The van der Waals surface area contributed by atoms with Gasteiger partial charge in [-0.3, -0.25) is 24.6 Å². The van der Waals surface area contributed by atoms with E-state index in [1.54, 1.807) is 18.2 Å². The molecule has 0 spiro atoms. The molecule has 3 aromatic rings. The van der Waals surface area contributed by atoms with E-state index in [-0.39, 0.29) is 39.5 Å². The topological polar surface area (TPSA) is 125 Å². The molecular weight excluding hydrogens is 500 g/mol. The summed E-state index contributed by atoms with van der Waals surface area (Å²) in [5.74, 6) is -0.815. The number of hydrogen-bond donors (Lipinski definition) is 0. The van der Waals surface area contributed by atoms with E-state index >= 15 is 0 Å². The first kappa shape index (κ1) is 25.5. The Hall–Kier alpha value is -4.64. The largest absolute Gasteiger partial charge is 0.493 e. The van der Waals surface area contributed by atoms with Gasteiger partial charge in [0.1, 0.15) is 0 Å². The molecule has 4 rings (SSSR count). The number of hydrogen-bond acceptors (Lipinski definition) is 9. The Morgan fingerprint density at radius 2 is 1.73 bits per heavy atom. The van der Waals surface area contributed by atoms with Crippen molar-refractivity contribution in [2.75, 3.05) is 14.2 Å². The zero-order chi connectivity index (χ0) is 26.5. The van der Waals surface area contributed by atoms with E-state index in [0.29, 0.717) is 5.56 Å². The van der Waals surface area contributed by atoms with Crippen molar-refractivity contribution in [2.24, 2.45) is 0 Å². The lowest BCUT2D eigenvalue weighted by atomic mass is 10.1. The van der Waals surface area contributed by atoms with Crippen LogP contribution in [0.15, 0.2) is 71.6 Å². The first-order chi connectivity index (χ1) is 17.8. The highest BCUT2D eigenvalue weighted by Crippen LogP contribution is 2.39. The van der Waals surface area contributed by atoms with E-state index in [4.69, 9.17) is 9.47 Å². The minimum absolute atomic E-state index is 0.00470. The number of ether oxygens (including phenoxy) is 3. The summed E-state index contributed by atoms with van der Waals surface area (Å²) < 4.78 is 15.7. The van der Waals surface area contributed by atoms with Crippen molar-refractivity contribution in [3.63, 3.8) is 0 Å². The zero-order valence-corrected chi connectivity index (χ0v) is 20.5. The number of benzene rings is 3. The molecule has 37 heavy (non-hydrogen) atoms. The van der Waals surface area contributed by atoms with Crippen LogP contribution in [0.5, 0.6) is 17.2 Å². The number of carbonyl (C=O) groups is 3. The van der Waals surface area contributed by atoms with Crippen LogP contribution in [0, 0.1) is 10.1 Å². The molecule has 0 N–H and O–H groups in total. The highest BCUT2D eigenvalue weighted by Gasteiger charge is 2.35. The van der Waals surface area contributed by atoms with Crippen molar-refractivity contribution < 1.29 is 33.5 Å². The number of esters is 1. The average Bonchev–Trinajstić information content (AvgIpc) is 3.16. The number of rotatable bonds is 8. The molecule has 2 amide bonds. The van der Waals surface area contributed by atoms with Crippen LogP contribution in [0.1, 0.15) is 21.5 Å². The smallest absolute Gasteiger partial charge is 0.338 e. The molecule has 0 aromatic heterocycles. The molecule has 0 unspecified atom stereocenters. The predicted octanol–water partition coefficient (Wildman–Crippen LogP) is 5.42. The lowest BCUT2D eigenvalue weighted by Crippen LogP contribution is -2.27. The second kappa shape index (κ2) is 11.0. The summed E-state index contributed by atoms with van der Waals surface area (Å²) in [4.78, 5) is 49.3. The molecule has 1 saturated heterocycles. The SMILES string of the molecule is COC(=O)c1ccc(Oc2ccc(/C=C3\SC(=O)N(Cc4ccccc4)C3=O)cc2OC)c([N+](=O)[O-])c1. The molecule has 3 aromatic carbocycles. The van der Waals surface area contributed by atoms with Crippen LogP contribution in [-0.2, 0) is 16.1 Å². The Kier molecular flexibility index (Phi) is 7.54. The van der Waals surface area contributed by atoms with E-state index in [1.807, 2.05) is 30.3 Å². The molecule has 11 heteroatoms. The molecule has 1 fully saturated rings. The van der Waals surface area contributed by atoms with Crippen molar-refractivity contribution >= 4 is 40.6 Å². The van der Waals surface area contributed by atoms with Gasteiger partial charge in [0.25, 0.3) is 11.1 Å². The lowest BCUT2D eigenvalue weighted by molar-refractivity contribution is -0.385. The standard InChI is InChI=1S/C26H20N2O8S/c1-34-22-12-17(13-23-24(29)27(26(31)37-23)15-16-6-4-3-5-7-16)8-10-21(22)36-20-11-9-18(25(30)35-2)14-19(20)28(32)33/h3-14H,15H2,1-2H3/b23-13-. The van der Waals surface area contributed by atoms with E-state index in [9.17, 15) is 24.5 Å². The lowest BCUT2D eigenvalue weighted by Gasteiger charge is -2.12. The average molecular weight is 521 g/mol. The van der Waals surface area contributed by atoms with Gasteiger partial charge in [-0.05, 0) is 53.2 Å². The number of amides is 2. The van der Waals surface area contributed by atoms with Crippen LogP contribution in [-0.4, -0.2) is 41.2 Å². The van der Waals surface area contributed by atoms with Crippen molar-refractivity contribution in [1.82, 2.24) is 4.90 Å². The van der Waals surface area contributed by atoms with Crippen LogP contribution in [0.25, 0.3) is 6.08 Å². The van der Waals surface area contributed by atoms with Gasteiger partial charge in [0.15, 0.2) is 11.5 Å². The van der Waals surface area contributed by atoms with Gasteiger partial charge in [0.05, 0.1) is 36.2 Å². The fourth-order valence-electron chi connectivity index (χ4n) is 3.52. The van der Waals surface area contributed by atoms with Gasteiger partial charge >= 0.3 is 11.7 Å². The second-order valence-corrected chi connectivity index (χ2v) is 8.69. The minimum Gasteiger partial charge on any atom is -0.493 e. The third kappa shape index (κ3) is 5.62. The Balaban J connectivity index is 1.57. The third-order valence-corrected chi connectivity index (χ3v) is 6.25. The fraction of sp³-hybridized carbons (Fsp3) is 0.115. The molecule has 0 bridgehead atoms. The monoisotopic (exact) mass is 520 g/mol. The number of carbonyl (C=O) groups excluding carboxylic acids is 3. The van der Waals surface area contributed by atoms with Crippen LogP contribution < -0.4 is 9.47 Å². The van der Waals surface area contributed by atoms with E-state index in [1.165, 1.54) is 37.3 Å². The first-order valence-electron chi connectivity index (χ1n) is 10.8. The van der Waals surface area contributed by atoms with Crippen LogP contribution in [0.2, 0.25) is 0 Å². The molecule has 188 valence electrons. The maximum atomic E-state index is 12.8. The van der Waals surface area contributed by atoms with Gasteiger partial charge in [0.2, 0.25) is 5.75 Å². The van der Waals surface area contributed by atoms with Crippen molar-refractivity contribution in [3.05, 3.63) is 98.4 Å². The van der Waals surface area contributed by atoms with Crippen LogP contribution in [0.4, 0.5) is 10.5 Å². The quantitative estimate of drug-likeness (QED) is 0.166. The number of methoxy groups -OCH3 is 2. The Morgan fingerprint density at radius 1 is 1.00 bits per heavy atom. The Morgan fingerprint density at radius 3 is 2.41 bits per heavy atom. The molecule has 0 aliphatic carbocycles. The van der Waals surface area contributed by atoms with Gasteiger partial charge in [-0.25, -0.2) is 4.79 Å². The fourth-order valence-corrected chi connectivity index (χ4v) is 4.36. The van der Waals surface area contributed by atoms with E-state index in [0.717, 1.165) is 23.4 Å². The number of nitro benzene ring substituents is 1. The summed E-state index contributed by atoms with van der Waals surface area (Å²) in [5, 5.41) is 11.2. The van der Waals surface area contributed by atoms with E-state index in [2.05, 4.69) is 4.74 Å².